The van der Waals surface area contributed by atoms with Gasteiger partial charge in [-0.2, -0.15) is 4.98 Å². The fourth-order valence-electron chi connectivity index (χ4n) is 2.42. The van der Waals surface area contributed by atoms with Gasteiger partial charge in [0.1, 0.15) is 12.3 Å². The van der Waals surface area contributed by atoms with Gasteiger partial charge in [0.05, 0.1) is 4.92 Å². The molecule has 7 heteroatoms. The van der Waals surface area contributed by atoms with Crippen LogP contribution in [0, 0.1) is 16.0 Å². The van der Waals surface area contributed by atoms with Gasteiger partial charge in [0, 0.05) is 6.54 Å². The van der Waals surface area contributed by atoms with Crippen LogP contribution in [0.4, 0.5) is 11.6 Å². The third-order valence-electron chi connectivity index (χ3n) is 3.56. The third kappa shape index (κ3) is 3.34. The summed E-state index contributed by atoms with van der Waals surface area (Å²) in [6, 6.07) is 0. The zero-order valence-electron chi connectivity index (χ0n) is 11.8. The molecule has 0 amide bonds. The van der Waals surface area contributed by atoms with Gasteiger partial charge < -0.3 is 10.1 Å². The van der Waals surface area contributed by atoms with Crippen LogP contribution in [0.15, 0.2) is 6.20 Å². The SMILES string of the molecule is CCNc1ncc([N+](=O)[O-])c(OC2CCCCC2C)n1. The third-order valence-corrected chi connectivity index (χ3v) is 3.56. The van der Waals surface area contributed by atoms with Crippen molar-refractivity contribution in [1.82, 2.24) is 9.97 Å². The average molecular weight is 280 g/mol. The predicted octanol–water partition coefficient (Wildman–Crippen LogP) is 2.77. The molecule has 20 heavy (non-hydrogen) atoms. The smallest absolute Gasteiger partial charge is 0.349 e. The quantitative estimate of drug-likeness (QED) is 0.658. The lowest BCUT2D eigenvalue weighted by molar-refractivity contribution is -0.386. The Bertz CT molecular complexity index is 481. The number of nitrogens with zero attached hydrogens (tertiary/aromatic N) is 3. The predicted molar refractivity (Wildman–Crippen MR) is 74.9 cm³/mol. The lowest BCUT2D eigenvalue weighted by Gasteiger charge is -2.28. The van der Waals surface area contributed by atoms with Gasteiger partial charge in [0.25, 0.3) is 5.88 Å². The van der Waals surface area contributed by atoms with Gasteiger partial charge in [-0.25, -0.2) is 4.98 Å². The summed E-state index contributed by atoms with van der Waals surface area (Å²) < 4.78 is 5.81. The Morgan fingerprint density at radius 1 is 1.50 bits per heavy atom. The van der Waals surface area contributed by atoms with Crippen molar-refractivity contribution in [2.24, 2.45) is 5.92 Å². The molecule has 1 aromatic rings. The zero-order chi connectivity index (χ0) is 14.5. The molecule has 2 rings (SSSR count). The molecule has 2 atom stereocenters. The van der Waals surface area contributed by atoms with Crippen LogP contribution < -0.4 is 10.1 Å². The van der Waals surface area contributed by atoms with Gasteiger partial charge in [-0.3, -0.25) is 10.1 Å². The van der Waals surface area contributed by atoms with E-state index in [1.807, 2.05) is 6.92 Å². The van der Waals surface area contributed by atoms with E-state index in [0.29, 0.717) is 18.4 Å². The Balaban J connectivity index is 2.22. The van der Waals surface area contributed by atoms with Crippen molar-refractivity contribution in [3.8, 4) is 5.88 Å². The van der Waals surface area contributed by atoms with Crippen LogP contribution in [0.5, 0.6) is 5.88 Å². The van der Waals surface area contributed by atoms with E-state index in [4.69, 9.17) is 4.74 Å². The number of anilines is 1. The second-order valence-electron chi connectivity index (χ2n) is 5.09. The summed E-state index contributed by atoms with van der Waals surface area (Å²) in [6.45, 7) is 4.67. The number of aromatic nitrogens is 2. The molecule has 1 aliphatic carbocycles. The normalized spacial score (nSPS) is 22.3. The lowest BCUT2D eigenvalue weighted by Crippen LogP contribution is -2.29. The number of nitrogens with one attached hydrogen (secondary N) is 1. The molecule has 0 aromatic carbocycles. The highest BCUT2D eigenvalue weighted by Gasteiger charge is 2.27. The molecule has 0 radical (unpaired) electrons. The maximum absolute atomic E-state index is 11.0. The van der Waals surface area contributed by atoms with Crippen LogP contribution in [-0.2, 0) is 0 Å². The summed E-state index contributed by atoms with van der Waals surface area (Å²) in [4.78, 5) is 18.6. The van der Waals surface area contributed by atoms with Crippen molar-refractivity contribution in [2.45, 2.75) is 45.6 Å². The summed E-state index contributed by atoms with van der Waals surface area (Å²) in [7, 11) is 0. The van der Waals surface area contributed by atoms with E-state index >= 15 is 0 Å². The lowest BCUT2D eigenvalue weighted by atomic mass is 9.88. The first kappa shape index (κ1) is 14.5. The Morgan fingerprint density at radius 2 is 2.25 bits per heavy atom. The molecular weight excluding hydrogens is 260 g/mol. The first-order valence-electron chi connectivity index (χ1n) is 7.03. The first-order chi connectivity index (χ1) is 9.61. The van der Waals surface area contributed by atoms with Crippen molar-refractivity contribution in [2.75, 3.05) is 11.9 Å². The van der Waals surface area contributed by atoms with Crippen LogP contribution in [-0.4, -0.2) is 27.5 Å². The molecule has 2 unspecified atom stereocenters. The van der Waals surface area contributed by atoms with Crippen LogP contribution in [0.2, 0.25) is 0 Å². The minimum atomic E-state index is -0.501. The topological polar surface area (TPSA) is 90.2 Å². The maximum atomic E-state index is 11.0. The minimum absolute atomic E-state index is 0.00757. The Morgan fingerprint density at radius 3 is 2.90 bits per heavy atom. The summed E-state index contributed by atoms with van der Waals surface area (Å²) in [6.07, 6.45) is 5.48. The largest absolute Gasteiger partial charge is 0.469 e. The molecule has 110 valence electrons. The molecule has 1 heterocycles. The Hall–Kier alpha value is -1.92. The van der Waals surface area contributed by atoms with E-state index in [-0.39, 0.29) is 17.7 Å². The van der Waals surface area contributed by atoms with Gasteiger partial charge in [-0.1, -0.05) is 13.3 Å². The maximum Gasteiger partial charge on any atom is 0.349 e. The van der Waals surface area contributed by atoms with Gasteiger partial charge in [-0.15, -0.1) is 0 Å². The fourth-order valence-corrected chi connectivity index (χ4v) is 2.42. The summed E-state index contributed by atoms with van der Waals surface area (Å²) >= 11 is 0. The van der Waals surface area contributed by atoms with Gasteiger partial charge in [-0.05, 0) is 32.1 Å². The van der Waals surface area contributed by atoms with Gasteiger partial charge in [0.15, 0.2) is 0 Å². The monoisotopic (exact) mass is 280 g/mol. The van der Waals surface area contributed by atoms with E-state index in [9.17, 15) is 10.1 Å². The minimum Gasteiger partial charge on any atom is -0.469 e. The molecular formula is C13H20N4O3. The van der Waals surface area contributed by atoms with Crippen molar-refractivity contribution in [3.63, 3.8) is 0 Å². The van der Waals surface area contributed by atoms with E-state index in [0.717, 1.165) is 19.3 Å². The number of nitro groups is 1. The number of hydrogen-bond acceptors (Lipinski definition) is 6. The summed E-state index contributed by atoms with van der Waals surface area (Å²) in [5.41, 5.74) is -0.176. The summed E-state index contributed by atoms with van der Waals surface area (Å²) in [5, 5.41) is 14.0. The second-order valence-corrected chi connectivity index (χ2v) is 5.09. The van der Waals surface area contributed by atoms with Crippen molar-refractivity contribution in [3.05, 3.63) is 16.3 Å². The molecule has 0 aliphatic heterocycles. The number of rotatable bonds is 5. The van der Waals surface area contributed by atoms with Crippen molar-refractivity contribution >= 4 is 11.6 Å². The number of ether oxygens (including phenoxy) is 1. The highest BCUT2D eigenvalue weighted by atomic mass is 16.6. The number of hydrogen-bond donors (Lipinski definition) is 1. The molecule has 1 N–H and O–H groups in total. The molecule has 1 aliphatic rings. The molecule has 7 nitrogen and oxygen atoms in total. The van der Waals surface area contributed by atoms with Gasteiger partial charge in [0.2, 0.25) is 5.95 Å². The van der Waals surface area contributed by atoms with Crippen molar-refractivity contribution in [1.29, 1.82) is 0 Å². The highest BCUT2D eigenvalue weighted by molar-refractivity contribution is 5.43. The molecule has 1 aromatic heterocycles. The van der Waals surface area contributed by atoms with E-state index in [1.54, 1.807) is 0 Å². The average Bonchev–Trinajstić information content (AvgIpc) is 2.42. The van der Waals surface area contributed by atoms with Gasteiger partial charge >= 0.3 is 5.69 Å². The first-order valence-corrected chi connectivity index (χ1v) is 7.03. The zero-order valence-corrected chi connectivity index (χ0v) is 11.8. The van der Waals surface area contributed by atoms with Crippen LogP contribution >= 0.6 is 0 Å². The summed E-state index contributed by atoms with van der Waals surface area (Å²) in [5.74, 6) is 0.817. The standard InChI is InChI=1S/C13H20N4O3/c1-3-14-13-15-8-10(17(18)19)12(16-13)20-11-7-5-4-6-9(11)2/h8-9,11H,3-7H2,1-2H3,(H,14,15,16). The molecule has 0 spiro atoms. The highest BCUT2D eigenvalue weighted by Crippen LogP contribution is 2.31. The second kappa shape index (κ2) is 6.49. The molecule has 0 saturated heterocycles. The van der Waals surface area contributed by atoms with E-state index in [2.05, 4.69) is 22.2 Å². The Labute approximate surface area is 117 Å². The fraction of sp³-hybridized carbons (Fsp3) is 0.692. The molecule has 1 saturated carbocycles. The van der Waals surface area contributed by atoms with Crippen LogP contribution in [0.1, 0.15) is 39.5 Å². The molecule has 0 bridgehead atoms. The van der Waals surface area contributed by atoms with E-state index in [1.165, 1.54) is 12.6 Å². The van der Waals surface area contributed by atoms with Crippen LogP contribution in [0.25, 0.3) is 0 Å². The Kier molecular flexibility index (Phi) is 4.70. The van der Waals surface area contributed by atoms with Crippen molar-refractivity contribution < 1.29 is 9.66 Å². The van der Waals surface area contributed by atoms with Crippen LogP contribution in [0.3, 0.4) is 0 Å². The molecule has 1 fully saturated rings. The van der Waals surface area contributed by atoms with E-state index < -0.39 is 4.92 Å².